The molecule has 0 radical (unpaired) electrons. The molecule has 0 saturated heterocycles. The number of aliphatic hydroxyl groups is 1. The molecule has 2 N–H and O–H groups in total. The third kappa shape index (κ3) is 4.83. The van der Waals surface area contributed by atoms with Gasteiger partial charge in [-0.3, -0.25) is 4.99 Å². The summed E-state index contributed by atoms with van der Waals surface area (Å²) >= 11 is 0. The van der Waals surface area contributed by atoms with Crippen molar-refractivity contribution in [2.45, 2.75) is 79.2 Å². The molecule has 1 unspecified atom stereocenters. The molecule has 0 saturated carbocycles. The van der Waals surface area contributed by atoms with Crippen LogP contribution >= 0.6 is 0 Å². The molecule has 24 heavy (non-hydrogen) atoms. The van der Waals surface area contributed by atoms with Gasteiger partial charge in [0.2, 0.25) is 0 Å². The van der Waals surface area contributed by atoms with Gasteiger partial charge in [0.05, 0.1) is 12.6 Å². The SMILES string of the molecule is CC(N=Cc1cc(C(C)(C)C)cc(C(C)(C)C)c1O)C(C)(C)CO. The Morgan fingerprint density at radius 1 is 1.00 bits per heavy atom. The first-order valence-corrected chi connectivity index (χ1v) is 8.72. The maximum atomic E-state index is 10.7. The fraction of sp³-hybridized carbons (Fsp3) is 0.667. The first-order chi connectivity index (χ1) is 10.7. The summed E-state index contributed by atoms with van der Waals surface area (Å²) in [6.45, 7) is 18.9. The van der Waals surface area contributed by atoms with E-state index in [1.54, 1.807) is 6.21 Å². The van der Waals surface area contributed by atoms with E-state index in [0.717, 1.165) is 11.1 Å². The largest absolute Gasteiger partial charge is 0.507 e. The zero-order valence-electron chi connectivity index (χ0n) is 16.9. The Balaban J connectivity index is 3.42. The fourth-order valence-electron chi connectivity index (χ4n) is 2.29. The lowest BCUT2D eigenvalue weighted by molar-refractivity contribution is 0.139. The van der Waals surface area contributed by atoms with Gasteiger partial charge in [-0.05, 0) is 29.4 Å². The standard InChI is InChI=1S/C21H35NO2/c1-14(21(8,9)13-23)22-12-15-10-16(19(2,3)4)11-17(18(15)24)20(5,6)7/h10-12,14,23-24H,13H2,1-9H3. The molecule has 3 nitrogen and oxygen atoms in total. The lowest BCUT2D eigenvalue weighted by atomic mass is 9.79. The minimum Gasteiger partial charge on any atom is -0.507 e. The van der Waals surface area contributed by atoms with Crippen molar-refractivity contribution < 1.29 is 10.2 Å². The van der Waals surface area contributed by atoms with E-state index in [2.05, 4.69) is 52.6 Å². The van der Waals surface area contributed by atoms with Crippen molar-refractivity contribution >= 4 is 6.21 Å². The highest BCUT2D eigenvalue weighted by atomic mass is 16.3. The van der Waals surface area contributed by atoms with Crippen molar-refractivity contribution in [3.63, 3.8) is 0 Å². The Labute approximate surface area is 147 Å². The van der Waals surface area contributed by atoms with Crippen LogP contribution in [-0.2, 0) is 10.8 Å². The zero-order valence-corrected chi connectivity index (χ0v) is 16.9. The Hall–Kier alpha value is -1.35. The number of hydrogen-bond acceptors (Lipinski definition) is 3. The van der Waals surface area contributed by atoms with E-state index in [4.69, 9.17) is 0 Å². The minimum atomic E-state index is -0.291. The van der Waals surface area contributed by atoms with Gasteiger partial charge in [-0.2, -0.15) is 0 Å². The second-order valence-electron chi connectivity index (χ2n) is 9.56. The predicted molar refractivity (Wildman–Crippen MR) is 103 cm³/mol. The van der Waals surface area contributed by atoms with Gasteiger partial charge in [-0.25, -0.2) is 0 Å². The van der Waals surface area contributed by atoms with E-state index in [1.165, 1.54) is 5.56 Å². The maximum absolute atomic E-state index is 10.7. The van der Waals surface area contributed by atoms with Crippen LogP contribution in [0.1, 0.15) is 79.0 Å². The third-order valence-electron chi connectivity index (χ3n) is 4.79. The van der Waals surface area contributed by atoms with E-state index in [0.29, 0.717) is 5.75 Å². The quantitative estimate of drug-likeness (QED) is 0.777. The number of aromatic hydroxyl groups is 1. The molecule has 0 heterocycles. The number of aliphatic hydroxyl groups excluding tert-OH is 1. The van der Waals surface area contributed by atoms with Gasteiger partial charge >= 0.3 is 0 Å². The van der Waals surface area contributed by atoms with Crippen LogP contribution in [0.5, 0.6) is 5.75 Å². The lowest BCUT2D eigenvalue weighted by Gasteiger charge is -2.28. The van der Waals surface area contributed by atoms with E-state index >= 15 is 0 Å². The first kappa shape index (κ1) is 20.7. The highest BCUT2D eigenvalue weighted by Crippen LogP contribution is 2.37. The van der Waals surface area contributed by atoms with Crippen molar-refractivity contribution in [2.75, 3.05) is 6.61 Å². The molecule has 0 aliphatic carbocycles. The van der Waals surface area contributed by atoms with Gasteiger partial charge < -0.3 is 10.2 Å². The second kappa shape index (κ2) is 6.87. The van der Waals surface area contributed by atoms with Crippen molar-refractivity contribution in [3.8, 4) is 5.75 Å². The van der Waals surface area contributed by atoms with E-state index in [-0.39, 0.29) is 28.9 Å². The Morgan fingerprint density at radius 2 is 1.54 bits per heavy atom. The van der Waals surface area contributed by atoms with Crippen molar-refractivity contribution in [1.29, 1.82) is 0 Å². The van der Waals surface area contributed by atoms with Crippen LogP contribution in [-0.4, -0.2) is 29.1 Å². The zero-order chi connectivity index (χ0) is 18.9. The fourth-order valence-corrected chi connectivity index (χ4v) is 2.29. The Morgan fingerprint density at radius 3 is 1.96 bits per heavy atom. The minimum absolute atomic E-state index is 0.00766. The highest BCUT2D eigenvalue weighted by Gasteiger charge is 2.26. The van der Waals surface area contributed by atoms with Crippen LogP contribution in [0.4, 0.5) is 0 Å². The Kier molecular flexibility index (Phi) is 5.93. The van der Waals surface area contributed by atoms with Crippen LogP contribution in [0.2, 0.25) is 0 Å². The van der Waals surface area contributed by atoms with E-state index < -0.39 is 0 Å². The molecule has 0 spiro atoms. The molecule has 0 bridgehead atoms. The van der Waals surface area contributed by atoms with Crippen LogP contribution < -0.4 is 0 Å². The summed E-state index contributed by atoms with van der Waals surface area (Å²) in [6.07, 6.45) is 1.75. The molecule has 3 heteroatoms. The number of rotatable bonds is 4. The van der Waals surface area contributed by atoms with Crippen LogP contribution in [0.25, 0.3) is 0 Å². The Bertz CT molecular complexity index is 601. The number of hydrogen-bond donors (Lipinski definition) is 2. The van der Waals surface area contributed by atoms with Crippen molar-refractivity contribution in [2.24, 2.45) is 10.4 Å². The average molecular weight is 334 g/mol. The third-order valence-corrected chi connectivity index (χ3v) is 4.79. The highest BCUT2D eigenvalue weighted by molar-refractivity contribution is 5.85. The van der Waals surface area contributed by atoms with Gasteiger partial charge in [0.25, 0.3) is 0 Å². The maximum Gasteiger partial charge on any atom is 0.128 e. The van der Waals surface area contributed by atoms with Crippen LogP contribution in [0.3, 0.4) is 0 Å². The summed E-state index contributed by atoms with van der Waals surface area (Å²) in [7, 11) is 0. The van der Waals surface area contributed by atoms with Gasteiger partial charge in [-0.15, -0.1) is 0 Å². The number of phenolic OH excluding ortho intramolecular Hbond substituents is 1. The number of phenols is 1. The molecular formula is C21H35NO2. The van der Waals surface area contributed by atoms with Gasteiger partial charge in [0.1, 0.15) is 5.75 Å². The molecule has 1 aromatic rings. The van der Waals surface area contributed by atoms with Crippen LogP contribution in [0.15, 0.2) is 17.1 Å². The molecule has 0 amide bonds. The molecular weight excluding hydrogens is 298 g/mol. The van der Waals surface area contributed by atoms with E-state index in [1.807, 2.05) is 26.8 Å². The van der Waals surface area contributed by atoms with Crippen LogP contribution in [0, 0.1) is 5.41 Å². The molecule has 1 aromatic carbocycles. The first-order valence-electron chi connectivity index (χ1n) is 8.72. The lowest BCUT2D eigenvalue weighted by Crippen LogP contribution is -2.29. The predicted octanol–water partition coefficient (Wildman–Crippen LogP) is 4.81. The smallest absolute Gasteiger partial charge is 0.128 e. The molecule has 0 fully saturated rings. The molecule has 0 aromatic heterocycles. The molecule has 0 aliphatic rings. The van der Waals surface area contributed by atoms with Gasteiger partial charge in [-0.1, -0.05) is 61.5 Å². The second-order valence-corrected chi connectivity index (χ2v) is 9.56. The molecule has 1 atom stereocenters. The molecule has 136 valence electrons. The normalized spacial score (nSPS) is 15.1. The monoisotopic (exact) mass is 333 g/mol. The van der Waals surface area contributed by atoms with Gasteiger partial charge in [0, 0.05) is 22.8 Å². The van der Waals surface area contributed by atoms with Crippen molar-refractivity contribution in [3.05, 3.63) is 28.8 Å². The molecule has 0 aliphatic heterocycles. The van der Waals surface area contributed by atoms with Gasteiger partial charge in [0.15, 0.2) is 0 Å². The summed E-state index contributed by atoms with van der Waals surface area (Å²) in [5, 5.41) is 20.2. The summed E-state index contributed by atoms with van der Waals surface area (Å²) in [5.41, 5.74) is 2.41. The van der Waals surface area contributed by atoms with Crippen molar-refractivity contribution in [1.82, 2.24) is 0 Å². The van der Waals surface area contributed by atoms with E-state index in [9.17, 15) is 10.2 Å². The number of aliphatic imine (C=N–C) groups is 1. The number of benzene rings is 1. The summed E-state index contributed by atoms with van der Waals surface area (Å²) in [5.74, 6) is 0.299. The average Bonchev–Trinajstić information content (AvgIpc) is 2.43. The summed E-state index contributed by atoms with van der Waals surface area (Å²) < 4.78 is 0. The topological polar surface area (TPSA) is 52.8 Å². The summed E-state index contributed by atoms with van der Waals surface area (Å²) in [6, 6.07) is 4.08. The number of nitrogens with zero attached hydrogens (tertiary/aromatic N) is 1. The molecule has 1 rings (SSSR count). The summed E-state index contributed by atoms with van der Waals surface area (Å²) in [4.78, 5) is 4.60.